The standard InChI is InChI=1S/C12H16N6O3/c19-8(13-11-14-16-17-15-11)3-6-18-9(20)7-12(10(18)21)4-1-2-5-12/h1-7H2,(H2,13,14,15,16,17,19). The van der Waals surface area contributed by atoms with Gasteiger partial charge in [0.25, 0.3) is 5.95 Å². The summed E-state index contributed by atoms with van der Waals surface area (Å²) in [6.45, 7) is 0.100. The summed E-state index contributed by atoms with van der Waals surface area (Å²) < 4.78 is 0. The number of nitrogens with zero attached hydrogens (tertiary/aromatic N) is 4. The van der Waals surface area contributed by atoms with Crippen LogP contribution in [0, 0.1) is 5.41 Å². The van der Waals surface area contributed by atoms with E-state index in [0.717, 1.165) is 25.7 Å². The zero-order chi connectivity index (χ0) is 14.9. The molecule has 0 bridgehead atoms. The molecule has 0 unspecified atom stereocenters. The van der Waals surface area contributed by atoms with Crippen LogP contribution in [0.15, 0.2) is 0 Å². The van der Waals surface area contributed by atoms with E-state index in [2.05, 4.69) is 25.9 Å². The second kappa shape index (κ2) is 5.23. The van der Waals surface area contributed by atoms with Crippen molar-refractivity contribution in [2.75, 3.05) is 11.9 Å². The summed E-state index contributed by atoms with van der Waals surface area (Å²) in [6, 6.07) is 0. The van der Waals surface area contributed by atoms with Gasteiger partial charge in [-0.05, 0) is 18.1 Å². The number of amides is 3. The van der Waals surface area contributed by atoms with Crippen molar-refractivity contribution in [1.29, 1.82) is 0 Å². The maximum atomic E-state index is 12.4. The van der Waals surface area contributed by atoms with Crippen molar-refractivity contribution in [1.82, 2.24) is 25.5 Å². The van der Waals surface area contributed by atoms with Crippen LogP contribution in [-0.2, 0) is 14.4 Å². The minimum atomic E-state index is -0.485. The first-order chi connectivity index (χ1) is 10.1. The van der Waals surface area contributed by atoms with Crippen molar-refractivity contribution in [2.45, 2.75) is 38.5 Å². The Labute approximate surface area is 120 Å². The number of likely N-dealkylation sites (tertiary alicyclic amines) is 1. The summed E-state index contributed by atoms with van der Waals surface area (Å²) in [4.78, 5) is 37.3. The van der Waals surface area contributed by atoms with Gasteiger partial charge in [-0.1, -0.05) is 17.9 Å². The molecule has 2 N–H and O–H groups in total. The molecule has 1 aromatic heterocycles. The van der Waals surface area contributed by atoms with Gasteiger partial charge in [-0.3, -0.25) is 24.6 Å². The lowest BCUT2D eigenvalue weighted by atomic mass is 9.84. The van der Waals surface area contributed by atoms with Crippen LogP contribution in [0.25, 0.3) is 0 Å². The van der Waals surface area contributed by atoms with Crippen LogP contribution < -0.4 is 5.32 Å². The van der Waals surface area contributed by atoms with Gasteiger partial charge in [-0.15, -0.1) is 5.10 Å². The average molecular weight is 292 g/mol. The Hall–Kier alpha value is -2.32. The number of carbonyl (C=O) groups is 3. The van der Waals surface area contributed by atoms with E-state index in [0.29, 0.717) is 0 Å². The minimum absolute atomic E-state index is 0.0299. The molecule has 1 saturated heterocycles. The van der Waals surface area contributed by atoms with Crippen molar-refractivity contribution in [3.63, 3.8) is 0 Å². The van der Waals surface area contributed by atoms with E-state index in [1.165, 1.54) is 4.90 Å². The van der Waals surface area contributed by atoms with Crippen molar-refractivity contribution >= 4 is 23.7 Å². The first kappa shape index (κ1) is 13.7. The molecule has 0 atom stereocenters. The number of anilines is 1. The lowest BCUT2D eigenvalue weighted by Gasteiger charge is -2.20. The molecule has 1 spiro atoms. The smallest absolute Gasteiger partial charge is 0.269 e. The fourth-order valence-electron chi connectivity index (χ4n) is 3.14. The van der Waals surface area contributed by atoms with Gasteiger partial charge in [-0.25, -0.2) is 0 Å². The molecule has 2 aliphatic rings. The summed E-state index contributed by atoms with van der Waals surface area (Å²) in [7, 11) is 0. The number of H-pyrrole nitrogens is 1. The number of nitrogens with one attached hydrogen (secondary N) is 2. The van der Waals surface area contributed by atoms with Gasteiger partial charge in [0.2, 0.25) is 17.7 Å². The van der Waals surface area contributed by atoms with E-state index >= 15 is 0 Å². The Kier molecular flexibility index (Phi) is 3.40. The minimum Gasteiger partial charge on any atom is -0.292 e. The molecule has 9 heteroatoms. The lowest BCUT2D eigenvalue weighted by molar-refractivity contribution is -0.141. The van der Waals surface area contributed by atoms with Gasteiger partial charge < -0.3 is 0 Å². The van der Waals surface area contributed by atoms with Crippen molar-refractivity contribution in [2.24, 2.45) is 5.41 Å². The number of hydrogen-bond acceptors (Lipinski definition) is 6. The Morgan fingerprint density at radius 2 is 2.10 bits per heavy atom. The van der Waals surface area contributed by atoms with E-state index in [1.807, 2.05) is 0 Å². The maximum absolute atomic E-state index is 12.4. The molecule has 2 heterocycles. The molecule has 112 valence electrons. The third-order valence-corrected chi connectivity index (χ3v) is 4.21. The second-order valence-corrected chi connectivity index (χ2v) is 5.55. The fraction of sp³-hybridized carbons (Fsp3) is 0.667. The highest BCUT2D eigenvalue weighted by molar-refractivity contribution is 6.06. The Bertz CT molecular complexity index is 564. The zero-order valence-corrected chi connectivity index (χ0v) is 11.5. The third kappa shape index (κ3) is 2.50. The largest absolute Gasteiger partial charge is 0.292 e. The molecule has 3 amide bonds. The number of tetrazole rings is 1. The van der Waals surface area contributed by atoms with Gasteiger partial charge in [-0.2, -0.15) is 5.21 Å². The van der Waals surface area contributed by atoms with E-state index in [4.69, 9.17) is 0 Å². The fourth-order valence-corrected chi connectivity index (χ4v) is 3.14. The van der Waals surface area contributed by atoms with Crippen LogP contribution in [-0.4, -0.2) is 49.8 Å². The number of imide groups is 1. The third-order valence-electron chi connectivity index (χ3n) is 4.21. The lowest BCUT2D eigenvalue weighted by Crippen LogP contribution is -2.36. The van der Waals surface area contributed by atoms with Gasteiger partial charge in [0, 0.05) is 19.4 Å². The maximum Gasteiger partial charge on any atom is 0.269 e. The van der Waals surface area contributed by atoms with Crippen molar-refractivity contribution in [3.05, 3.63) is 0 Å². The Morgan fingerprint density at radius 3 is 2.76 bits per heavy atom. The predicted octanol–water partition coefficient (Wildman–Crippen LogP) is -0.152. The van der Waals surface area contributed by atoms with Gasteiger partial charge >= 0.3 is 0 Å². The number of carbonyl (C=O) groups excluding carboxylic acids is 3. The second-order valence-electron chi connectivity index (χ2n) is 5.55. The van der Waals surface area contributed by atoms with Crippen molar-refractivity contribution < 1.29 is 14.4 Å². The van der Waals surface area contributed by atoms with E-state index in [-0.39, 0.29) is 43.1 Å². The SMILES string of the molecule is O=C(CCN1C(=O)CC2(CCCC2)C1=O)Nc1nn[nH]n1. The topological polar surface area (TPSA) is 121 Å². The highest BCUT2D eigenvalue weighted by Gasteiger charge is 2.52. The summed E-state index contributed by atoms with van der Waals surface area (Å²) >= 11 is 0. The molecular formula is C12H16N6O3. The van der Waals surface area contributed by atoms with E-state index in [9.17, 15) is 14.4 Å². The molecule has 3 rings (SSSR count). The summed E-state index contributed by atoms with van der Waals surface area (Å²) in [5.74, 6) is -0.567. The molecule has 2 fully saturated rings. The Balaban J connectivity index is 1.56. The highest BCUT2D eigenvalue weighted by atomic mass is 16.2. The molecule has 0 radical (unpaired) electrons. The van der Waals surface area contributed by atoms with Crippen LogP contribution in [0.4, 0.5) is 5.95 Å². The highest BCUT2D eigenvalue weighted by Crippen LogP contribution is 2.46. The van der Waals surface area contributed by atoms with Crippen LogP contribution in [0.5, 0.6) is 0 Å². The molecule has 9 nitrogen and oxygen atoms in total. The summed E-state index contributed by atoms with van der Waals surface area (Å²) in [6.07, 6.45) is 3.86. The number of rotatable bonds is 4. The summed E-state index contributed by atoms with van der Waals surface area (Å²) in [5.41, 5.74) is -0.485. The van der Waals surface area contributed by atoms with E-state index < -0.39 is 5.41 Å². The van der Waals surface area contributed by atoms with Crippen LogP contribution in [0.2, 0.25) is 0 Å². The normalized spacial score (nSPS) is 20.5. The van der Waals surface area contributed by atoms with Gasteiger partial charge in [0.05, 0.1) is 5.41 Å². The van der Waals surface area contributed by atoms with Crippen molar-refractivity contribution in [3.8, 4) is 0 Å². The van der Waals surface area contributed by atoms with Crippen LogP contribution >= 0.6 is 0 Å². The quantitative estimate of drug-likeness (QED) is 0.744. The molecule has 0 aromatic carbocycles. The first-order valence-corrected chi connectivity index (χ1v) is 6.99. The average Bonchev–Trinajstić information content (AvgIpc) is 3.14. The Morgan fingerprint density at radius 1 is 1.33 bits per heavy atom. The first-order valence-electron chi connectivity index (χ1n) is 6.99. The van der Waals surface area contributed by atoms with Gasteiger partial charge in [0.1, 0.15) is 0 Å². The molecule has 1 aliphatic carbocycles. The monoisotopic (exact) mass is 292 g/mol. The number of aromatic amines is 1. The molecule has 21 heavy (non-hydrogen) atoms. The van der Waals surface area contributed by atoms with Crippen LogP contribution in [0.1, 0.15) is 38.5 Å². The molecule has 1 aromatic rings. The number of hydrogen-bond donors (Lipinski definition) is 2. The van der Waals surface area contributed by atoms with Gasteiger partial charge in [0.15, 0.2) is 0 Å². The van der Waals surface area contributed by atoms with E-state index in [1.54, 1.807) is 0 Å². The predicted molar refractivity (Wildman–Crippen MR) is 69.7 cm³/mol. The molecule has 1 aliphatic heterocycles. The summed E-state index contributed by atoms with van der Waals surface area (Å²) in [5, 5.41) is 15.2. The molecule has 1 saturated carbocycles. The zero-order valence-electron chi connectivity index (χ0n) is 11.5. The molecular weight excluding hydrogens is 276 g/mol. The van der Waals surface area contributed by atoms with Crippen LogP contribution in [0.3, 0.4) is 0 Å². The number of aromatic nitrogens is 4.